The van der Waals surface area contributed by atoms with Crippen LogP contribution in [0.4, 0.5) is 5.69 Å². The van der Waals surface area contributed by atoms with Crippen LogP contribution in [0.1, 0.15) is 51.2 Å². The molecule has 0 aromatic heterocycles. The molecule has 39 heavy (non-hydrogen) atoms. The van der Waals surface area contributed by atoms with Crippen molar-refractivity contribution in [2.75, 3.05) is 24.7 Å². The summed E-state index contributed by atoms with van der Waals surface area (Å²) in [5.41, 5.74) is 0.427. The zero-order chi connectivity index (χ0) is 28.7. The van der Waals surface area contributed by atoms with Gasteiger partial charge in [-0.3, -0.25) is 14.4 Å². The maximum absolute atomic E-state index is 14.8. The fourth-order valence-corrected chi connectivity index (χ4v) is 7.25. The second-order valence-electron chi connectivity index (χ2n) is 11.4. The lowest BCUT2D eigenvalue weighted by Crippen LogP contribution is -2.59. The van der Waals surface area contributed by atoms with E-state index >= 15 is 0 Å². The van der Waals surface area contributed by atoms with Crippen LogP contribution in [-0.4, -0.2) is 70.8 Å². The van der Waals surface area contributed by atoms with Gasteiger partial charge in [0, 0.05) is 12.2 Å². The fourth-order valence-electron chi connectivity index (χ4n) is 7.25. The lowest BCUT2D eigenvalue weighted by molar-refractivity contribution is -0.162. The van der Waals surface area contributed by atoms with Crippen LogP contribution in [0, 0.1) is 31.6 Å². The Bertz CT molecular complexity index is 1140. The highest BCUT2D eigenvalue weighted by molar-refractivity contribution is 6.05. The summed E-state index contributed by atoms with van der Waals surface area (Å²) >= 11 is 0. The summed E-state index contributed by atoms with van der Waals surface area (Å²) in [5.74, 6) is -2.97. The van der Waals surface area contributed by atoms with Crippen molar-refractivity contribution in [3.8, 4) is 0 Å². The molecule has 3 aliphatic heterocycles. The average Bonchev–Trinajstić information content (AvgIpc) is 3.41. The van der Waals surface area contributed by atoms with Gasteiger partial charge in [-0.1, -0.05) is 44.2 Å². The second kappa shape index (κ2) is 10.9. The molecule has 1 aromatic rings. The molecule has 7 atom stereocenters. The van der Waals surface area contributed by atoms with E-state index in [-0.39, 0.29) is 37.5 Å². The molecule has 2 bridgehead atoms. The summed E-state index contributed by atoms with van der Waals surface area (Å²) in [5, 5.41) is 10.3. The van der Waals surface area contributed by atoms with Crippen LogP contribution in [0.25, 0.3) is 0 Å². The standard InChI is InChI=1S/C31H42N2O6/c1-8-11-16-38-29(37)24-23-27(35)33(22(10-3)18-34)26(31(23)17-21(6)30(24,7)39-31)28(36)32(15-9-2)25-19(4)13-12-14-20(25)5/h8-9,12-14,21-24,26,34H,1-2,10-11,15-18H2,3-7H3/t21?,22-,23-,24+,26?,30-,31?/m0/s1. The SMILES string of the molecule is C=CCCOC(=O)[C@H]1[C@H]2C(=O)N([C@@H](CC)CO)C(C(=O)N(CC=C)c3c(C)cccc3C)C23CC(C)[C@]1(C)O3. The zero-order valence-corrected chi connectivity index (χ0v) is 23.8. The number of aliphatic hydroxyl groups excluding tert-OH is 1. The number of hydrogen-bond acceptors (Lipinski definition) is 6. The van der Waals surface area contributed by atoms with Gasteiger partial charge in [0.05, 0.1) is 30.8 Å². The van der Waals surface area contributed by atoms with Crippen molar-refractivity contribution in [1.29, 1.82) is 0 Å². The molecule has 0 radical (unpaired) electrons. The smallest absolute Gasteiger partial charge is 0.312 e. The highest BCUT2D eigenvalue weighted by Gasteiger charge is 2.80. The molecule has 1 aromatic carbocycles. The minimum Gasteiger partial charge on any atom is -0.465 e. The molecular weight excluding hydrogens is 496 g/mol. The molecule has 3 heterocycles. The second-order valence-corrected chi connectivity index (χ2v) is 11.4. The summed E-state index contributed by atoms with van der Waals surface area (Å²) < 4.78 is 12.4. The number of amides is 2. The van der Waals surface area contributed by atoms with E-state index < -0.39 is 41.1 Å². The molecule has 212 valence electrons. The first-order valence-corrected chi connectivity index (χ1v) is 13.9. The van der Waals surface area contributed by atoms with Crippen LogP contribution in [0.15, 0.2) is 43.5 Å². The van der Waals surface area contributed by atoms with Crippen LogP contribution in [0.3, 0.4) is 0 Å². The topological polar surface area (TPSA) is 96.4 Å². The Hall–Kier alpha value is -2.97. The number of benzene rings is 1. The number of carbonyl (C=O) groups excluding carboxylic acids is 3. The number of rotatable bonds is 11. The predicted octanol–water partition coefficient (Wildman–Crippen LogP) is 3.72. The maximum Gasteiger partial charge on any atom is 0.312 e. The average molecular weight is 539 g/mol. The van der Waals surface area contributed by atoms with Crippen molar-refractivity contribution < 1.29 is 29.0 Å². The lowest BCUT2D eigenvalue weighted by atomic mass is 9.62. The van der Waals surface area contributed by atoms with E-state index in [1.807, 2.05) is 52.8 Å². The first kappa shape index (κ1) is 29.0. The van der Waals surface area contributed by atoms with Gasteiger partial charge < -0.3 is 24.4 Å². The molecule has 0 aliphatic carbocycles. The molecule has 8 heteroatoms. The van der Waals surface area contributed by atoms with Crippen LogP contribution < -0.4 is 4.90 Å². The minimum absolute atomic E-state index is 0.101. The fraction of sp³-hybridized carbons (Fsp3) is 0.581. The largest absolute Gasteiger partial charge is 0.465 e. The highest BCUT2D eigenvalue weighted by atomic mass is 16.6. The van der Waals surface area contributed by atoms with Crippen molar-refractivity contribution in [2.45, 2.75) is 77.2 Å². The third-order valence-corrected chi connectivity index (χ3v) is 9.17. The normalized spacial score (nSPS) is 31.6. The highest BCUT2D eigenvalue weighted by Crippen LogP contribution is 2.65. The number of aliphatic hydroxyl groups is 1. The van der Waals surface area contributed by atoms with Crippen LogP contribution >= 0.6 is 0 Å². The number of esters is 1. The number of para-hydroxylation sites is 1. The molecule has 3 fully saturated rings. The molecule has 4 rings (SSSR count). The van der Waals surface area contributed by atoms with Gasteiger partial charge >= 0.3 is 5.97 Å². The molecular formula is C31H42N2O6. The van der Waals surface area contributed by atoms with Gasteiger partial charge in [0.2, 0.25) is 5.91 Å². The summed E-state index contributed by atoms with van der Waals surface area (Å²) in [6.45, 7) is 17.3. The third kappa shape index (κ3) is 4.32. The number of anilines is 1. The molecule has 2 amide bonds. The Morgan fingerprint density at radius 3 is 2.51 bits per heavy atom. The quantitative estimate of drug-likeness (QED) is 0.262. The Labute approximate surface area is 231 Å². The number of aryl methyl sites for hydroxylation is 2. The van der Waals surface area contributed by atoms with E-state index in [9.17, 15) is 19.5 Å². The van der Waals surface area contributed by atoms with Crippen molar-refractivity contribution in [3.63, 3.8) is 0 Å². The maximum atomic E-state index is 14.8. The lowest BCUT2D eigenvalue weighted by Gasteiger charge is -2.40. The van der Waals surface area contributed by atoms with Crippen molar-refractivity contribution in [3.05, 3.63) is 54.6 Å². The number of carbonyl (C=O) groups is 3. The number of ether oxygens (including phenoxy) is 2. The van der Waals surface area contributed by atoms with Gasteiger partial charge in [0.25, 0.3) is 5.91 Å². The first-order chi connectivity index (χ1) is 18.5. The molecule has 3 saturated heterocycles. The van der Waals surface area contributed by atoms with Gasteiger partial charge in [-0.05, 0) is 57.1 Å². The zero-order valence-electron chi connectivity index (χ0n) is 23.8. The first-order valence-electron chi connectivity index (χ1n) is 13.9. The summed E-state index contributed by atoms with van der Waals surface area (Å²) in [7, 11) is 0. The van der Waals surface area contributed by atoms with Gasteiger partial charge in [0.1, 0.15) is 17.6 Å². The van der Waals surface area contributed by atoms with Crippen molar-refractivity contribution in [2.24, 2.45) is 17.8 Å². The van der Waals surface area contributed by atoms with Crippen LogP contribution in [0.5, 0.6) is 0 Å². The number of fused-ring (bicyclic) bond motifs is 1. The minimum atomic E-state index is -1.22. The molecule has 1 spiro atoms. The molecule has 3 unspecified atom stereocenters. The van der Waals surface area contributed by atoms with Gasteiger partial charge in [0.15, 0.2) is 0 Å². The molecule has 1 N–H and O–H groups in total. The van der Waals surface area contributed by atoms with Crippen LogP contribution in [0.2, 0.25) is 0 Å². The van der Waals surface area contributed by atoms with Gasteiger partial charge in [-0.15, -0.1) is 13.2 Å². The van der Waals surface area contributed by atoms with Gasteiger partial charge in [-0.2, -0.15) is 0 Å². The van der Waals surface area contributed by atoms with Crippen molar-refractivity contribution in [1.82, 2.24) is 4.90 Å². The monoisotopic (exact) mass is 538 g/mol. The molecule has 0 saturated carbocycles. The van der Waals surface area contributed by atoms with Gasteiger partial charge in [-0.25, -0.2) is 0 Å². The Morgan fingerprint density at radius 2 is 1.95 bits per heavy atom. The Kier molecular flexibility index (Phi) is 8.11. The third-order valence-electron chi connectivity index (χ3n) is 9.17. The molecule has 8 nitrogen and oxygen atoms in total. The van der Waals surface area contributed by atoms with Crippen molar-refractivity contribution >= 4 is 23.5 Å². The van der Waals surface area contributed by atoms with E-state index in [4.69, 9.17) is 9.47 Å². The summed E-state index contributed by atoms with van der Waals surface area (Å²) in [4.78, 5) is 45.8. The van der Waals surface area contributed by atoms with E-state index in [2.05, 4.69) is 13.2 Å². The van der Waals surface area contributed by atoms with E-state index in [1.165, 1.54) is 4.90 Å². The Balaban J connectivity index is 1.87. The number of nitrogens with zero attached hydrogens (tertiary/aromatic N) is 2. The molecule has 3 aliphatic rings. The number of likely N-dealkylation sites (tertiary alicyclic amines) is 1. The summed E-state index contributed by atoms with van der Waals surface area (Å²) in [6.07, 6.45) is 4.72. The summed E-state index contributed by atoms with van der Waals surface area (Å²) in [6, 6.07) is 4.22. The van der Waals surface area contributed by atoms with E-state index in [1.54, 1.807) is 17.1 Å². The Morgan fingerprint density at radius 1 is 1.28 bits per heavy atom. The van der Waals surface area contributed by atoms with E-state index in [0.29, 0.717) is 19.3 Å². The predicted molar refractivity (Wildman–Crippen MR) is 149 cm³/mol. The number of hydrogen-bond donors (Lipinski definition) is 1. The van der Waals surface area contributed by atoms with Crippen LogP contribution in [-0.2, 0) is 23.9 Å². The van der Waals surface area contributed by atoms with E-state index in [0.717, 1.165) is 16.8 Å².